The van der Waals surface area contributed by atoms with Gasteiger partial charge >= 0.3 is 0 Å². The van der Waals surface area contributed by atoms with E-state index < -0.39 is 0 Å². The van der Waals surface area contributed by atoms with Gasteiger partial charge in [0.1, 0.15) is 11.3 Å². The van der Waals surface area contributed by atoms with Crippen LogP contribution >= 0.6 is 0 Å². The molecule has 4 aliphatic rings. The van der Waals surface area contributed by atoms with Gasteiger partial charge in [0.2, 0.25) is 11.8 Å². The Morgan fingerprint density at radius 1 is 1.11 bits per heavy atom. The molecule has 2 aromatic rings. The number of methoxy groups -OCH3 is 1. The number of nitrogens with one attached hydrogen (secondary N) is 2. The number of furan rings is 1. The van der Waals surface area contributed by atoms with E-state index in [1.165, 1.54) is 19.3 Å². The van der Waals surface area contributed by atoms with E-state index in [1.54, 1.807) is 19.4 Å². The van der Waals surface area contributed by atoms with Gasteiger partial charge in [-0.15, -0.1) is 0 Å². The zero-order valence-corrected chi connectivity index (χ0v) is 16.1. The van der Waals surface area contributed by atoms with Crippen molar-refractivity contribution in [3.63, 3.8) is 0 Å². The van der Waals surface area contributed by atoms with Crippen LogP contribution in [0.2, 0.25) is 0 Å². The fourth-order valence-corrected chi connectivity index (χ4v) is 6.19. The molecule has 0 radical (unpaired) electrons. The summed E-state index contributed by atoms with van der Waals surface area (Å²) in [6, 6.07) is 5.52. The number of hydrogen-bond acceptors (Lipinski definition) is 4. The molecule has 4 fully saturated rings. The van der Waals surface area contributed by atoms with Crippen molar-refractivity contribution in [2.45, 2.75) is 44.9 Å². The lowest BCUT2D eigenvalue weighted by Gasteiger charge is -2.55. The molecule has 6 heteroatoms. The number of carbonyl (C=O) groups is 2. The van der Waals surface area contributed by atoms with E-state index in [9.17, 15) is 9.59 Å². The van der Waals surface area contributed by atoms with Crippen LogP contribution in [0.3, 0.4) is 0 Å². The van der Waals surface area contributed by atoms with Gasteiger partial charge in [-0.25, -0.2) is 0 Å². The Hall–Kier alpha value is -2.50. The molecule has 4 saturated carbocycles. The standard InChI is InChI=1S/C22H26N2O4/c1-27-17-2-3-18-16(12-28-19(18)8-17)7-20(25)23-24-21(26)22-9-13-4-14(10-22)6-15(5-13)11-22/h2-3,8,12-15H,4-7,9-11H2,1H3,(H,23,25)(H,24,26). The number of benzene rings is 1. The normalized spacial score (nSPS) is 30.4. The fraction of sp³-hybridized carbons (Fsp3) is 0.545. The molecule has 6 rings (SSSR count). The third-order valence-corrected chi connectivity index (χ3v) is 7.05. The van der Waals surface area contributed by atoms with E-state index >= 15 is 0 Å². The van der Waals surface area contributed by atoms with E-state index in [1.807, 2.05) is 12.1 Å². The maximum atomic E-state index is 12.9. The lowest BCUT2D eigenvalue weighted by Crippen LogP contribution is -2.56. The summed E-state index contributed by atoms with van der Waals surface area (Å²) in [6.07, 6.45) is 8.55. The zero-order chi connectivity index (χ0) is 19.3. The van der Waals surface area contributed by atoms with Gasteiger partial charge in [-0.1, -0.05) is 0 Å². The van der Waals surface area contributed by atoms with Crippen LogP contribution in [0.1, 0.15) is 44.1 Å². The highest BCUT2D eigenvalue weighted by molar-refractivity contribution is 5.90. The molecule has 0 spiro atoms. The predicted molar refractivity (Wildman–Crippen MR) is 103 cm³/mol. The predicted octanol–water partition coefficient (Wildman–Crippen LogP) is 3.35. The van der Waals surface area contributed by atoms with Crippen LogP contribution in [0, 0.1) is 23.2 Å². The zero-order valence-electron chi connectivity index (χ0n) is 16.1. The number of carbonyl (C=O) groups excluding carboxylic acids is 2. The van der Waals surface area contributed by atoms with Gasteiger partial charge in [-0.3, -0.25) is 20.4 Å². The summed E-state index contributed by atoms with van der Waals surface area (Å²) in [5.41, 5.74) is 6.57. The molecule has 4 bridgehead atoms. The van der Waals surface area contributed by atoms with E-state index in [0.717, 1.165) is 30.2 Å². The first kappa shape index (κ1) is 17.6. The monoisotopic (exact) mass is 382 g/mol. The minimum absolute atomic E-state index is 0.00161. The summed E-state index contributed by atoms with van der Waals surface area (Å²) in [4.78, 5) is 25.3. The maximum absolute atomic E-state index is 12.9. The number of ether oxygens (including phenoxy) is 1. The van der Waals surface area contributed by atoms with Crippen molar-refractivity contribution < 1.29 is 18.7 Å². The Morgan fingerprint density at radius 3 is 2.43 bits per heavy atom. The first-order valence-corrected chi connectivity index (χ1v) is 10.2. The third-order valence-electron chi connectivity index (χ3n) is 7.05. The van der Waals surface area contributed by atoms with Gasteiger partial charge < -0.3 is 9.15 Å². The Kier molecular flexibility index (Phi) is 4.11. The summed E-state index contributed by atoms with van der Waals surface area (Å²) >= 11 is 0. The smallest absolute Gasteiger partial charge is 0.244 e. The van der Waals surface area contributed by atoms with Gasteiger partial charge in [0, 0.05) is 17.0 Å². The molecule has 2 N–H and O–H groups in total. The van der Waals surface area contributed by atoms with Crippen LogP contribution in [0.5, 0.6) is 5.75 Å². The van der Waals surface area contributed by atoms with Gasteiger partial charge in [0.25, 0.3) is 0 Å². The number of rotatable bonds is 4. The number of amides is 2. The molecule has 148 valence electrons. The Balaban J connectivity index is 1.22. The molecule has 28 heavy (non-hydrogen) atoms. The summed E-state index contributed by atoms with van der Waals surface area (Å²) in [5.74, 6) is 2.56. The summed E-state index contributed by atoms with van der Waals surface area (Å²) in [7, 11) is 1.60. The average molecular weight is 382 g/mol. The molecule has 0 atom stereocenters. The van der Waals surface area contributed by atoms with Crippen LogP contribution in [0.15, 0.2) is 28.9 Å². The SMILES string of the molecule is COc1ccc2c(CC(=O)NNC(=O)C34CC5CC(CC(C5)C3)C4)coc2c1. The lowest BCUT2D eigenvalue weighted by atomic mass is 9.49. The molecular formula is C22H26N2O4. The van der Waals surface area contributed by atoms with Crippen LogP contribution in [-0.2, 0) is 16.0 Å². The number of hydrazine groups is 1. The van der Waals surface area contributed by atoms with Crippen molar-refractivity contribution >= 4 is 22.8 Å². The first-order valence-electron chi connectivity index (χ1n) is 10.2. The first-order chi connectivity index (χ1) is 13.5. The van der Waals surface area contributed by atoms with Crippen molar-refractivity contribution in [2.24, 2.45) is 23.2 Å². The lowest BCUT2D eigenvalue weighted by molar-refractivity contribution is -0.148. The second-order valence-electron chi connectivity index (χ2n) is 9.00. The fourth-order valence-electron chi connectivity index (χ4n) is 6.19. The highest BCUT2D eigenvalue weighted by atomic mass is 16.5. The van der Waals surface area contributed by atoms with Crippen LogP contribution < -0.4 is 15.6 Å². The molecule has 0 unspecified atom stereocenters. The van der Waals surface area contributed by atoms with Crippen LogP contribution in [0.25, 0.3) is 11.0 Å². The number of hydrogen-bond donors (Lipinski definition) is 2. The molecule has 4 aliphatic carbocycles. The molecule has 0 aliphatic heterocycles. The molecule has 0 saturated heterocycles. The molecule has 6 nitrogen and oxygen atoms in total. The van der Waals surface area contributed by atoms with Crippen LogP contribution in [-0.4, -0.2) is 18.9 Å². The molecular weight excluding hydrogens is 356 g/mol. The highest BCUT2D eigenvalue weighted by Crippen LogP contribution is 2.60. The number of fused-ring (bicyclic) bond motifs is 1. The van der Waals surface area contributed by atoms with E-state index in [0.29, 0.717) is 29.1 Å². The Labute approximate surface area is 164 Å². The van der Waals surface area contributed by atoms with Gasteiger partial charge in [-0.05, 0) is 68.4 Å². The van der Waals surface area contributed by atoms with Gasteiger partial charge in [0.15, 0.2) is 0 Å². The quantitative estimate of drug-likeness (QED) is 0.795. The van der Waals surface area contributed by atoms with Gasteiger partial charge in [-0.2, -0.15) is 0 Å². The topological polar surface area (TPSA) is 80.6 Å². The summed E-state index contributed by atoms with van der Waals surface area (Å²) in [5, 5.41) is 0.878. The second kappa shape index (κ2) is 6.54. The van der Waals surface area contributed by atoms with Gasteiger partial charge in [0.05, 0.1) is 25.2 Å². The maximum Gasteiger partial charge on any atom is 0.244 e. The van der Waals surface area contributed by atoms with Crippen molar-refractivity contribution in [3.05, 3.63) is 30.0 Å². The Bertz CT molecular complexity index is 896. The van der Waals surface area contributed by atoms with Crippen molar-refractivity contribution in [1.82, 2.24) is 10.9 Å². The van der Waals surface area contributed by atoms with Crippen LogP contribution in [0.4, 0.5) is 0 Å². The Morgan fingerprint density at radius 2 is 1.79 bits per heavy atom. The molecule has 1 aromatic heterocycles. The van der Waals surface area contributed by atoms with E-state index in [4.69, 9.17) is 9.15 Å². The molecule has 2 amide bonds. The van der Waals surface area contributed by atoms with E-state index in [2.05, 4.69) is 10.9 Å². The van der Waals surface area contributed by atoms with E-state index in [-0.39, 0.29) is 23.7 Å². The van der Waals surface area contributed by atoms with Crippen molar-refractivity contribution in [2.75, 3.05) is 7.11 Å². The summed E-state index contributed by atoms with van der Waals surface area (Å²) in [6.45, 7) is 0. The minimum atomic E-state index is -0.263. The minimum Gasteiger partial charge on any atom is -0.497 e. The average Bonchev–Trinajstić information content (AvgIpc) is 3.07. The third kappa shape index (κ3) is 2.95. The summed E-state index contributed by atoms with van der Waals surface area (Å²) < 4.78 is 10.7. The highest BCUT2D eigenvalue weighted by Gasteiger charge is 2.54. The molecule has 1 aromatic carbocycles. The van der Waals surface area contributed by atoms with Crippen molar-refractivity contribution in [1.29, 1.82) is 0 Å². The second-order valence-corrected chi connectivity index (χ2v) is 9.00. The van der Waals surface area contributed by atoms with Crippen molar-refractivity contribution in [3.8, 4) is 5.75 Å². The largest absolute Gasteiger partial charge is 0.497 e. The molecule has 1 heterocycles.